The van der Waals surface area contributed by atoms with Crippen LogP contribution in [0.2, 0.25) is 0 Å². The molecule has 1 aliphatic heterocycles. The molecular weight excluding hydrogens is 206 g/mol. The Morgan fingerprint density at radius 2 is 2.25 bits per heavy atom. The lowest BCUT2D eigenvalue weighted by atomic mass is 9.93. The molecule has 16 heavy (non-hydrogen) atoms. The highest BCUT2D eigenvalue weighted by Gasteiger charge is 2.45. The lowest BCUT2D eigenvalue weighted by molar-refractivity contribution is -0.150. The smallest absolute Gasteiger partial charge is 0.324 e. The van der Waals surface area contributed by atoms with Crippen molar-refractivity contribution in [3.63, 3.8) is 0 Å². The molecule has 0 aromatic carbocycles. The van der Waals surface area contributed by atoms with Gasteiger partial charge in [0.25, 0.3) is 0 Å². The van der Waals surface area contributed by atoms with Crippen LogP contribution in [0, 0.1) is 0 Å². The minimum absolute atomic E-state index is 0.212. The van der Waals surface area contributed by atoms with Gasteiger partial charge in [-0.05, 0) is 39.7 Å². The van der Waals surface area contributed by atoms with Crippen molar-refractivity contribution >= 4 is 5.97 Å². The molecule has 4 heteroatoms. The van der Waals surface area contributed by atoms with E-state index in [2.05, 4.69) is 4.90 Å². The summed E-state index contributed by atoms with van der Waals surface area (Å²) in [5.41, 5.74) is -0.639. The fourth-order valence-corrected chi connectivity index (χ4v) is 2.45. The zero-order valence-corrected chi connectivity index (χ0v) is 10.5. The Bertz CT molecular complexity index is 242. The fourth-order valence-electron chi connectivity index (χ4n) is 2.45. The number of carbonyl (C=O) groups is 1. The number of hydrogen-bond acceptors (Lipinski definition) is 3. The van der Waals surface area contributed by atoms with Crippen LogP contribution >= 0.6 is 0 Å². The van der Waals surface area contributed by atoms with Crippen LogP contribution in [-0.4, -0.2) is 47.3 Å². The second-order valence-corrected chi connectivity index (χ2v) is 4.70. The molecule has 1 N–H and O–H groups in total. The predicted molar refractivity (Wildman–Crippen MR) is 62.6 cm³/mol. The first-order valence-electron chi connectivity index (χ1n) is 6.13. The van der Waals surface area contributed by atoms with E-state index in [1.165, 1.54) is 0 Å². The quantitative estimate of drug-likeness (QED) is 0.753. The van der Waals surface area contributed by atoms with Crippen LogP contribution in [0.3, 0.4) is 0 Å². The largest absolute Gasteiger partial charge is 0.480 e. The van der Waals surface area contributed by atoms with Crippen molar-refractivity contribution in [3.8, 4) is 0 Å². The van der Waals surface area contributed by atoms with E-state index in [4.69, 9.17) is 4.74 Å². The van der Waals surface area contributed by atoms with Crippen LogP contribution in [0.15, 0.2) is 0 Å². The molecule has 1 rings (SSSR count). The first-order chi connectivity index (χ1) is 7.53. The predicted octanol–water partition coefficient (Wildman–Crippen LogP) is 1.74. The van der Waals surface area contributed by atoms with Crippen molar-refractivity contribution < 1.29 is 14.6 Å². The summed E-state index contributed by atoms with van der Waals surface area (Å²) in [5.74, 6) is -0.683. The van der Waals surface area contributed by atoms with Crippen LogP contribution in [0.5, 0.6) is 0 Å². The highest BCUT2D eigenvalue weighted by atomic mass is 16.5. The topological polar surface area (TPSA) is 49.8 Å². The van der Waals surface area contributed by atoms with E-state index >= 15 is 0 Å². The van der Waals surface area contributed by atoms with Gasteiger partial charge >= 0.3 is 5.97 Å². The van der Waals surface area contributed by atoms with Gasteiger partial charge < -0.3 is 9.84 Å². The van der Waals surface area contributed by atoms with E-state index in [9.17, 15) is 9.90 Å². The van der Waals surface area contributed by atoms with Crippen LogP contribution in [0.1, 0.15) is 40.0 Å². The van der Waals surface area contributed by atoms with E-state index in [1.54, 1.807) is 0 Å². The first-order valence-corrected chi connectivity index (χ1v) is 6.13. The Balaban J connectivity index is 2.54. The Morgan fingerprint density at radius 3 is 2.75 bits per heavy atom. The molecule has 0 saturated carbocycles. The van der Waals surface area contributed by atoms with Gasteiger partial charge in [-0.15, -0.1) is 0 Å². The van der Waals surface area contributed by atoms with Crippen molar-refractivity contribution in [1.29, 1.82) is 0 Å². The van der Waals surface area contributed by atoms with Crippen LogP contribution in [-0.2, 0) is 9.53 Å². The molecule has 1 heterocycles. The molecule has 1 unspecified atom stereocenters. The minimum Gasteiger partial charge on any atom is -0.480 e. The zero-order valence-electron chi connectivity index (χ0n) is 10.5. The van der Waals surface area contributed by atoms with Crippen molar-refractivity contribution in [2.24, 2.45) is 0 Å². The number of aliphatic carboxylic acids is 1. The van der Waals surface area contributed by atoms with Crippen LogP contribution in [0.4, 0.5) is 0 Å². The summed E-state index contributed by atoms with van der Waals surface area (Å²) in [6.07, 6.45) is 2.62. The van der Waals surface area contributed by atoms with Crippen molar-refractivity contribution in [1.82, 2.24) is 4.90 Å². The van der Waals surface area contributed by atoms with Crippen molar-refractivity contribution in [3.05, 3.63) is 0 Å². The van der Waals surface area contributed by atoms with Gasteiger partial charge in [-0.25, -0.2) is 0 Å². The van der Waals surface area contributed by atoms with Crippen LogP contribution < -0.4 is 0 Å². The third-order valence-electron chi connectivity index (χ3n) is 3.42. The maximum atomic E-state index is 11.4. The van der Waals surface area contributed by atoms with Crippen LogP contribution in [0.25, 0.3) is 0 Å². The van der Waals surface area contributed by atoms with E-state index < -0.39 is 11.5 Å². The molecule has 94 valence electrons. The Hall–Kier alpha value is -0.610. The normalized spacial score (nSPS) is 26.5. The number of nitrogens with zero attached hydrogens (tertiary/aromatic N) is 1. The second-order valence-electron chi connectivity index (χ2n) is 4.70. The number of carboxylic acid groups (broad SMARTS) is 1. The number of ether oxygens (including phenoxy) is 1. The third kappa shape index (κ3) is 2.74. The molecule has 0 bridgehead atoms. The van der Waals surface area contributed by atoms with Crippen molar-refractivity contribution in [2.75, 3.05) is 19.7 Å². The highest BCUT2D eigenvalue weighted by Crippen LogP contribution is 2.32. The molecule has 1 fully saturated rings. The summed E-state index contributed by atoms with van der Waals surface area (Å²) in [5, 5.41) is 9.36. The number of rotatable bonds is 6. The maximum Gasteiger partial charge on any atom is 0.324 e. The number of hydrogen-bond donors (Lipinski definition) is 1. The molecule has 0 spiro atoms. The lowest BCUT2D eigenvalue weighted by Crippen LogP contribution is -2.51. The van der Waals surface area contributed by atoms with E-state index in [0.717, 1.165) is 25.9 Å². The second kappa shape index (κ2) is 5.64. The number of likely N-dealkylation sites (tertiary alicyclic amines) is 1. The first kappa shape index (κ1) is 13.5. The molecule has 1 saturated heterocycles. The van der Waals surface area contributed by atoms with Gasteiger partial charge in [0.2, 0.25) is 0 Å². The Kier molecular flexibility index (Phi) is 4.74. The summed E-state index contributed by atoms with van der Waals surface area (Å²) in [6.45, 7) is 8.16. The SMILES string of the molecule is CCC1(C(=O)O)CCCN1CCOC(C)C. The molecule has 1 atom stereocenters. The van der Waals surface area contributed by atoms with Gasteiger partial charge in [0, 0.05) is 6.54 Å². The summed E-state index contributed by atoms with van der Waals surface area (Å²) in [4.78, 5) is 13.4. The summed E-state index contributed by atoms with van der Waals surface area (Å²) >= 11 is 0. The van der Waals surface area contributed by atoms with Gasteiger partial charge in [0.05, 0.1) is 12.7 Å². The monoisotopic (exact) mass is 229 g/mol. The Morgan fingerprint density at radius 1 is 1.56 bits per heavy atom. The van der Waals surface area contributed by atoms with E-state index in [1.807, 2.05) is 20.8 Å². The standard InChI is InChI=1S/C12H23NO3/c1-4-12(11(14)15)6-5-7-13(12)8-9-16-10(2)3/h10H,4-9H2,1-3H3,(H,14,15). The average Bonchev–Trinajstić information content (AvgIpc) is 2.61. The van der Waals surface area contributed by atoms with E-state index in [0.29, 0.717) is 13.0 Å². The van der Waals surface area contributed by atoms with Gasteiger partial charge in [-0.2, -0.15) is 0 Å². The zero-order chi connectivity index (χ0) is 12.2. The van der Waals surface area contributed by atoms with E-state index in [-0.39, 0.29) is 6.10 Å². The average molecular weight is 229 g/mol. The molecule has 1 aliphatic rings. The van der Waals surface area contributed by atoms with Gasteiger partial charge in [0.15, 0.2) is 0 Å². The minimum atomic E-state index is -0.683. The molecule has 0 aromatic heterocycles. The summed E-state index contributed by atoms with van der Waals surface area (Å²) in [6, 6.07) is 0. The molecule has 0 amide bonds. The third-order valence-corrected chi connectivity index (χ3v) is 3.42. The summed E-state index contributed by atoms with van der Waals surface area (Å²) in [7, 11) is 0. The molecule has 4 nitrogen and oxygen atoms in total. The van der Waals surface area contributed by atoms with Gasteiger partial charge in [-0.3, -0.25) is 9.69 Å². The Labute approximate surface area is 97.6 Å². The number of carboxylic acids is 1. The lowest BCUT2D eigenvalue weighted by Gasteiger charge is -2.33. The molecular formula is C12H23NO3. The van der Waals surface area contributed by atoms with Crippen molar-refractivity contribution in [2.45, 2.75) is 51.7 Å². The van der Waals surface area contributed by atoms with Gasteiger partial charge in [-0.1, -0.05) is 6.92 Å². The molecule has 0 radical (unpaired) electrons. The van der Waals surface area contributed by atoms with Gasteiger partial charge in [0.1, 0.15) is 5.54 Å². The maximum absolute atomic E-state index is 11.4. The fraction of sp³-hybridized carbons (Fsp3) is 0.917. The highest BCUT2D eigenvalue weighted by molar-refractivity contribution is 5.79. The molecule has 0 aliphatic carbocycles. The molecule has 0 aromatic rings. The summed E-state index contributed by atoms with van der Waals surface area (Å²) < 4.78 is 5.49.